The minimum atomic E-state index is -1.29. The normalized spacial score (nSPS) is 11.7. The van der Waals surface area contributed by atoms with Crippen molar-refractivity contribution in [2.24, 2.45) is 5.73 Å². The quantitative estimate of drug-likeness (QED) is 0.694. The Labute approximate surface area is 117 Å². The third-order valence-electron chi connectivity index (χ3n) is 2.97. The SMILES string of the molecule is Cc1ccc(CC(=O)NC(CC(N)=O)C(=O)O)cc1C. The summed E-state index contributed by atoms with van der Waals surface area (Å²) in [5.41, 5.74) is 7.90. The molecular weight excluding hydrogens is 260 g/mol. The summed E-state index contributed by atoms with van der Waals surface area (Å²) >= 11 is 0. The highest BCUT2D eigenvalue weighted by molar-refractivity contribution is 5.88. The number of benzene rings is 1. The molecule has 2 amide bonds. The van der Waals surface area contributed by atoms with Crippen molar-refractivity contribution < 1.29 is 19.5 Å². The molecule has 6 nitrogen and oxygen atoms in total. The van der Waals surface area contributed by atoms with E-state index in [1.165, 1.54) is 0 Å². The molecule has 0 spiro atoms. The molecule has 0 radical (unpaired) electrons. The minimum Gasteiger partial charge on any atom is -0.480 e. The molecule has 0 aliphatic carbocycles. The van der Waals surface area contributed by atoms with Crippen LogP contribution in [-0.2, 0) is 20.8 Å². The monoisotopic (exact) mass is 278 g/mol. The number of carbonyl (C=O) groups is 3. The first kappa shape index (κ1) is 15.7. The summed E-state index contributed by atoms with van der Waals surface area (Å²) < 4.78 is 0. The average molecular weight is 278 g/mol. The lowest BCUT2D eigenvalue weighted by Crippen LogP contribution is -2.43. The van der Waals surface area contributed by atoms with E-state index < -0.39 is 30.2 Å². The van der Waals surface area contributed by atoms with Crippen molar-refractivity contribution in [3.8, 4) is 0 Å². The van der Waals surface area contributed by atoms with E-state index in [2.05, 4.69) is 5.32 Å². The highest BCUT2D eigenvalue weighted by atomic mass is 16.4. The summed E-state index contributed by atoms with van der Waals surface area (Å²) in [6.45, 7) is 3.90. The molecule has 1 rings (SSSR count). The summed E-state index contributed by atoms with van der Waals surface area (Å²) in [5.74, 6) is -2.51. The lowest BCUT2D eigenvalue weighted by atomic mass is 10.0. The molecule has 0 fully saturated rings. The fraction of sp³-hybridized carbons (Fsp3) is 0.357. The Hall–Kier alpha value is -2.37. The second-order valence-electron chi connectivity index (χ2n) is 4.72. The summed E-state index contributed by atoms with van der Waals surface area (Å²) in [7, 11) is 0. The predicted molar refractivity (Wildman–Crippen MR) is 73.0 cm³/mol. The highest BCUT2D eigenvalue weighted by Gasteiger charge is 2.22. The van der Waals surface area contributed by atoms with Crippen LogP contribution in [0.3, 0.4) is 0 Å². The van der Waals surface area contributed by atoms with Crippen molar-refractivity contribution in [2.45, 2.75) is 32.7 Å². The van der Waals surface area contributed by atoms with Gasteiger partial charge in [-0.3, -0.25) is 9.59 Å². The van der Waals surface area contributed by atoms with E-state index in [1.54, 1.807) is 0 Å². The second kappa shape index (κ2) is 6.70. The van der Waals surface area contributed by atoms with Crippen LogP contribution < -0.4 is 11.1 Å². The van der Waals surface area contributed by atoms with Crippen molar-refractivity contribution in [3.05, 3.63) is 34.9 Å². The first-order valence-corrected chi connectivity index (χ1v) is 6.16. The zero-order chi connectivity index (χ0) is 15.3. The summed E-state index contributed by atoms with van der Waals surface area (Å²) in [5, 5.41) is 11.2. The maximum absolute atomic E-state index is 11.8. The van der Waals surface area contributed by atoms with Gasteiger partial charge in [-0.1, -0.05) is 18.2 Å². The average Bonchev–Trinajstić information content (AvgIpc) is 2.32. The lowest BCUT2D eigenvalue weighted by Gasteiger charge is -2.13. The van der Waals surface area contributed by atoms with Gasteiger partial charge in [0, 0.05) is 0 Å². The van der Waals surface area contributed by atoms with Gasteiger partial charge >= 0.3 is 5.97 Å². The number of amides is 2. The largest absolute Gasteiger partial charge is 0.480 e. The van der Waals surface area contributed by atoms with Gasteiger partial charge in [0.25, 0.3) is 0 Å². The summed E-state index contributed by atoms with van der Waals surface area (Å²) in [4.78, 5) is 33.4. The zero-order valence-electron chi connectivity index (χ0n) is 11.5. The number of hydrogen-bond acceptors (Lipinski definition) is 3. The molecule has 1 unspecified atom stereocenters. The van der Waals surface area contributed by atoms with Gasteiger partial charge in [0.05, 0.1) is 12.8 Å². The smallest absolute Gasteiger partial charge is 0.326 e. The number of primary amides is 1. The molecule has 0 bridgehead atoms. The van der Waals surface area contributed by atoms with Crippen LogP contribution in [0.2, 0.25) is 0 Å². The molecule has 0 saturated carbocycles. The van der Waals surface area contributed by atoms with Crippen molar-refractivity contribution in [1.29, 1.82) is 0 Å². The molecule has 108 valence electrons. The van der Waals surface area contributed by atoms with Gasteiger partial charge in [-0.2, -0.15) is 0 Å². The van der Waals surface area contributed by atoms with E-state index in [9.17, 15) is 14.4 Å². The summed E-state index contributed by atoms with van der Waals surface area (Å²) in [6.07, 6.45) is -0.363. The maximum Gasteiger partial charge on any atom is 0.326 e. The van der Waals surface area contributed by atoms with Gasteiger partial charge in [0.1, 0.15) is 6.04 Å². The molecule has 0 heterocycles. The third-order valence-corrected chi connectivity index (χ3v) is 2.97. The van der Waals surface area contributed by atoms with Gasteiger partial charge in [0.2, 0.25) is 11.8 Å². The zero-order valence-corrected chi connectivity index (χ0v) is 11.5. The van der Waals surface area contributed by atoms with Gasteiger partial charge in [-0.25, -0.2) is 4.79 Å². The number of aliphatic carboxylic acids is 1. The van der Waals surface area contributed by atoms with Crippen LogP contribution in [0.5, 0.6) is 0 Å². The Morgan fingerprint density at radius 3 is 2.40 bits per heavy atom. The summed E-state index contributed by atoms with van der Waals surface area (Å²) in [6, 6.07) is 4.30. The van der Waals surface area contributed by atoms with Crippen LogP contribution >= 0.6 is 0 Å². The van der Waals surface area contributed by atoms with Crippen molar-refractivity contribution in [2.75, 3.05) is 0 Å². The van der Waals surface area contributed by atoms with Crippen LogP contribution in [-0.4, -0.2) is 28.9 Å². The molecule has 0 saturated heterocycles. The van der Waals surface area contributed by atoms with E-state index in [4.69, 9.17) is 10.8 Å². The van der Waals surface area contributed by atoms with Crippen molar-refractivity contribution in [1.82, 2.24) is 5.32 Å². The Bertz CT molecular complexity index is 540. The molecule has 1 atom stereocenters. The molecular formula is C14H18N2O4. The topological polar surface area (TPSA) is 109 Å². The molecule has 6 heteroatoms. The predicted octanol–water partition coefficient (Wildman–Crippen LogP) is 0.291. The van der Waals surface area contributed by atoms with E-state index in [1.807, 2.05) is 32.0 Å². The molecule has 1 aromatic carbocycles. The van der Waals surface area contributed by atoms with Crippen LogP contribution in [0.25, 0.3) is 0 Å². The molecule has 1 aromatic rings. The fourth-order valence-corrected chi connectivity index (χ4v) is 1.75. The first-order chi connectivity index (χ1) is 9.29. The Morgan fingerprint density at radius 2 is 1.90 bits per heavy atom. The number of rotatable bonds is 6. The number of carboxylic acids is 1. The third kappa shape index (κ3) is 4.72. The van der Waals surface area contributed by atoms with Gasteiger partial charge in [-0.05, 0) is 30.5 Å². The number of aryl methyl sites for hydroxylation is 2. The number of hydrogen-bond donors (Lipinski definition) is 3. The Morgan fingerprint density at radius 1 is 1.25 bits per heavy atom. The van der Waals surface area contributed by atoms with Crippen LogP contribution in [0.15, 0.2) is 18.2 Å². The first-order valence-electron chi connectivity index (χ1n) is 6.16. The lowest BCUT2D eigenvalue weighted by molar-refractivity contribution is -0.143. The van der Waals surface area contributed by atoms with Gasteiger partial charge in [0.15, 0.2) is 0 Å². The molecule has 20 heavy (non-hydrogen) atoms. The van der Waals surface area contributed by atoms with Crippen LogP contribution in [0, 0.1) is 13.8 Å². The highest BCUT2D eigenvalue weighted by Crippen LogP contribution is 2.10. The maximum atomic E-state index is 11.8. The molecule has 0 aliphatic heterocycles. The van der Waals surface area contributed by atoms with E-state index in [0.29, 0.717) is 0 Å². The molecule has 0 aromatic heterocycles. The van der Waals surface area contributed by atoms with Crippen molar-refractivity contribution >= 4 is 17.8 Å². The fourth-order valence-electron chi connectivity index (χ4n) is 1.75. The number of nitrogens with one attached hydrogen (secondary N) is 1. The Kier molecular flexibility index (Phi) is 5.25. The minimum absolute atomic E-state index is 0.0592. The second-order valence-corrected chi connectivity index (χ2v) is 4.72. The van der Waals surface area contributed by atoms with E-state index >= 15 is 0 Å². The standard InChI is InChI=1S/C14H18N2O4/c1-8-3-4-10(5-9(8)2)6-13(18)16-11(14(19)20)7-12(15)17/h3-5,11H,6-7H2,1-2H3,(H2,15,17)(H,16,18)(H,19,20). The Balaban J connectivity index is 2.67. The molecule has 0 aliphatic rings. The van der Waals surface area contributed by atoms with E-state index in [0.717, 1.165) is 16.7 Å². The van der Waals surface area contributed by atoms with Gasteiger partial charge < -0.3 is 16.2 Å². The number of nitrogens with two attached hydrogens (primary N) is 1. The van der Waals surface area contributed by atoms with Crippen molar-refractivity contribution in [3.63, 3.8) is 0 Å². The number of carboxylic acid groups (broad SMARTS) is 1. The molecule has 4 N–H and O–H groups in total. The van der Waals surface area contributed by atoms with Crippen LogP contribution in [0.1, 0.15) is 23.1 Å². The van der Waals surface area contributed by atoms with Crippen LogP contribution in [0.4, 0.5) is 0 Å². The number of carbonyl (C=O) groups excluding carboxylic acids is 2. The van der Waals surface area contributed by atoms with E-state index in [-0.39, 0.29) is 6.42 Å². The van der Waals surface area contributed by atoms with Gasteiger partial charge in [-0.15, -0.1) is 0 Å².